The molecule has 0 aliphatic heterocycles. The molecule has 0 saturated heterocycles. The topological polar surface area (TPSA) is 104 Å². The lowest BCUT2D eigenvalue weighted by Gasteiger charge is -2.17. The maximum atomic E-state index is 13.6. The van der Waals surface area contributed by atoms with Gasteiger partial charge < -0.3 is 19.2 Å². The van der Waals surface area contributed by atoms with Gasteiger partial charge in [0.2, 0.25) is 0 Å². The van der Waals surface area contributed by atoms with E-state index in [9.17, 15) is 4.79 Å². The van der Waals surface area contributed by atoms with E-state index in [1.54, 1.807) is 18.6 Å². The van der Waals surface area contributed by atoms with Crippen molar-refractivity contribution >= 4 is 27.1 Å². The average Bonchev–Trinajstić information content (AvgIpc) is 3.41. The fourth-order valence-corrected chi connectivity index (χ4v) is 5.41. The first-order chi connectivity index (χ1) is 18.5. The molecular weight excluding hydrogens is 527 g/mol. The van der Waals surface area contributed by atoms with Gasteiger partial charge in [0.1, 0.15) is 30.0 Å². The van der Waals surface area contributed by atoms with Crippen molar-refractivity contribution in [2.24, 2.45) is 0 Å². The van der Waals surface area contributed by atoms with E-state index < -0.39 is 16.1 Å². The van der Waals surface area contributed by atoms with E-state index in [1.807, 2.05) is 24.3 Å². The van der Waals surface area contributed by atoms with Gasteiger partial charge in [-0.2, -0.15) is 0 Å². The Morgan fingerprint density at radius 3 is 2.36 bits per heavy atom. The Kier molecular flexibility index (Phi) is 9.16. The minimum atomic E-state index is -1.23. The number of nitrogens with zero attached hydrogens (tertiary/aromatic N) is 4. The van der Waals surface area contributed by atoms with E-state index in [4.69, 9.17) is 14.2 Å². The van der Waals surface area contributed by atoms with Crippen LogP contribution in [0.2, 0.25) is 51.4 Å². The SMILES string of the molecule is C[Si](C)(C)CCOCOc1cc(-c2cccnc2-c2ncc[nH]2)cc2c(=O)n(COCC[Si](C)(C)C)cnc12. The fourth-order valence-electron chi connectivity index (χ4n) is 3.90. The van der Waals surface area contributed by atoms with Crippen LogP contribution in [-0.2, 0) is 16.2 Å². The predicted molar refractivity (Wildman–Crippen MR) is 161 cm³/mol. The smallest absolute Gasteiger partial charge is 0.263 e. The van der Waals surface area contributed by atoms with E-state index in [0.29, 0.717) is 41.4 Å². The highest BCUT2D eigenvalue weighted by Crippen LogP contribution is 2.34. The van der Waals surface area contributed by atoms with Gasteiger partial charge >= 0.3 is 0 Å². The standard InChI is InChI=1S/C28H39N5O4Si2/c1-38(2,3)14-12-35-19-33-18-32-25-23(28(33)34)16-21(17-24(25)37-20-36-13-15-39(4,5)6)22-8-7-9-29-26(22)27-30-10-11-31-27/h7-11,16-18H,12-15,19-20H2,1-6H3,(H,30,31). The molecule has 0 spiro atoms. The third-order valence-corrected chi connectivity index (χ3v) is 9.66. The minimum absolute atomic E-state index is 0.0751. The summed E-state index contributed by atoms with van der Waals surface area (Å²) in [7, 11) is -2.45. The molecule has 39 heavy (non-hydrogen) atoms. The number of aromatic amines is 1. The van der Waals surface area contributed by atoms with Gasteiger partial charge in [0.05, 0.1) is 5.39 Å². The molecule has 0 aliphatic rings. The second kappa shape index (κ2) is 12.4. The lowest BCUT2D eigenvalue weighted by Crippen LogP contribution is -2.25. The molecule has 1 N–H and O–H groups in total. The van der Waals surface area contributed by atoms with E-state index in [1.165, 1.54) is 10.9 Å². The molecule has 0 bridgehead atoms. The van der Waals surface area contributed by atoms with Gasteiger partial charge in [-0.1, -0.05) is 45.3 Å². The number of ether oxygens (including phenoxy) is 3. The number of aromatic nitrogens is 5. The first-order valence-corrected chi connectivity index (χ1v) is 20.7. The van der Waals surface area contributed by atoms with E-state index >= 15 is 0 Å². The Hall–Kier alpha value is -3.13. The van der Waals surface area contributed by atoms with E-state index in [2.05, 4.69) is 59.2 Å². The lowest BCUT2D eigenvalue weighted by atomic mass is 10.0. The quantitative estimate of drug-likeness (QED) is 0.123. The van der Waals surface area contributed by atoms with E-state index in [-0.39, 0.29) is 19.1 Å². The lowest BCUT2D eigenvalue weighted by molar-refractivity contribution is 0.0228. The zero-order valence-electron chi connectivity index (χ0n) is 23.8. The summed E-state index contributed by atoms with van der Waals surface area (Å²) in [6.45, 7) is 15.3. The number of H-pyrrole nitrogens is 1. The van der Waals surface area contributed by atoms with Crippen LogP contribution in [0.15, 0.2) is 54.0 Å². The molecule has 11 heteroatoms. The van der Waals surface area contributed by atoms with Gasteiger partial charge in [-0.25, -0.2) is 9.97 Å². The van der Waals surface area contributed by atoms with Crippen LogP contribution >= 0.6 is 0 Å². The van der Waals surface area contributed by atoms with Crippen LogP contribution < -0.4 is 10.3 Å². The highest BCUT2D eigenvalue weighted by molar-refractivity contribution is 6.76. The molecular formula is C28H39N5O4Si2. The maximum Gasteiger partial charge on any atom is 0.263 e. The minimum Gasteiger partial charge on any atom is -0.465 e. The maximum absolute atomic E-state index is 13.6. The molecule has 0 aliphatic carbocycles. The number of nitrogens with one attached hydrogen (secondary N) is 1. The molecule has 0 unspecified atom stereocenters. The molecule has 0 fully saturated rings. The van der Waals surface area contributed by atoms with Crippen molar-refractivity contribution in [1.29, 1.82) is 0 Å². The predicted octanol–water partition coefficient (Wildman–Crippen LogP) is 5.85. The van der Waals surface area contributed by atoms with Gasteiger partial charge in [-0.15, -0.1) is 0 Å². The number of pyridine rings is 1. The van der Waals surface area contributed by atoms with Gasteiger partial charge in [-0.3, -0.25) is 14.3 Å². The Morgan fingerprint density at radius 1 is 0.923 bits per heavy atom. The van der Waals surface area contributed by atoms with Crippen LogP contribution in [0, 0.1) is 0 Å². The van der Waals surface area contributed by atoms with Gasteiger partial charge in [0.25, 0.3) is 5.56 Å². The van der Waals surface area contributed by atoms with E-state index in [0.717, 1.165) is 23.2 Å². The van der Waals surface area contributed by atoms with Crippen molar-refractivity contribution in [3.63, 3.8) is 0 Å². The van der Waals surface area contributed by atoms with Crippen LogP contribution in [0.3, 0.4) is 0 Å². The largest absolute Gasteiger partial charge is 0.465 e. The Labute approximate surface area is 231 Å². The zero-order valence-corrected chi connectivity index (χ0v) is 25.8. The summed E-state index contributed by atoms with van der Waals surface area (Å²) in [4.78, 5) is 30.2. The number of benzene rings is 1. The highest BCUT2D eigenvalue weighted by atomic mass is 28.3. The van der Waals surface area contributed by atoms with Gasteiger partial charge in [0.15, 0.2) is 12.6 Å². The van der Waals surface area contributed by atoms with Crippen LogP contribution in [0.4, 0.5) is 0 Å². The second-order valence-corrected chi connectivity index (χ2v) is 23.3. The Balaban J connectivity index is 1.69. The monoisotopic (exact) mass is 565 g/mol. The summed E-state index contributed by atoms with van der Waals surface area (Å²) in [6.07, 6.45) is 6.69. The molecule has 9 nitrogen and oxygen atoms in total. The molecule has 0 radical (unpaired) electrons. The van der Waals surface area contributed by atoms with Crippen molar-refractivity contribution in [2.75, 3.05) is 20.0 Å². The number of rotatable bonds is 13. The molecule has 0 amide bonds. The Morgan fingerprint density at radius 2 is 1.67 bits per heavy atom. The van der Waals surface area contributed by atoms with Crippen molar-refractivity contribution in [3.8, 4) is 28.4 Å². The van der Waals surface area contributed by atoms with Crippen LogP contribution in [-0.4, -0.2) is 60.7 Å². The summed E-state index contributed by atoms with van der Waals surface area (Å²) in [5.74, 6) is 1.12. The molecule has 208 valence electrons. The number of fused-ring (bicyclic) bond motifs is 1. The molecule has 3 aromatic heterocycles. The van der Waals surface area contributed by atoms with Crippen molar-refractivity contribution < 1.29 is 14.2 Å². The molecule has 3 heterocycles. The van der Waals surface area contributed by atoms with Crippen molar-refractivity contribution in [2.45, 2.75) is 58.1 Å². The van der Waals surface area contributed by atoms with Crippen LogP contribution in [0.25, 0.3) is 33.5 Å². The average molecular weight is 566 g/mol. The molecule has 0 atom stereocenters. The third kappa shape index (κ3) is 7.94. The molecule has 4 aromatic rings. The summed E-state index contributed by atoms with van der Waals surface area (Å²) in [6, 6.07) is 9.61. The third-order valence-electron chi connectivity index (χ3n) is 6.25. The normalized spacial score (nSPS) is 12.3. The van der Waals surface area contributed by atoms with Crippen molar-refractivity contribution in [3.05, 3.63) is 59.5 Å². The molecule has 4 rings (SSSR count). The first-order valence-electron chi connectivity index (χ1n) is 13.3. The van der Waals surface area contributed by atoms with Crippen molar-refractivity contribution in [1.82, 2.24) is 24.5 Å². The summed E-state index contributed by atoms with van der Waals surface area (Å²) >= 11 is 0. The number of hydrogen-bond acceptors (Lipinski definition) is 7. The Bertz CT molecular complexity index is 1440. The molecule has 0 saturated carbocycles. The summed E-state index contributed by atoms with van der Waals surface area (Å²) < 4.78 is 19.2. The second-order valence-electron chi connectivity index (χ2n) is 12.1. The molecule has 1 aromatic carbocycles. The summed E-state index contributed by atoms with van der Waals surface area (Å²) in [5.41, 5.74) is 2.57. The first kappa shape index (κ1) is 28.9. The van der Waals surface area contributed by atoms with Crippen LogP contribution in [0.5, 0.6) is 5.75 Å². The van der Waals surface area contributed by atoms with Gasteiger partial charge in [-0.05, 0) is 35.9 Å². The highest BCUT2D eigenvalue weighted by Gasteiger charge is 2.18. The van der Waals surface area contributed by atoms with Gasteiger partial charge in [0, 0.05) is 53.5 Å². The number of imidazole rings is 1. The fraction of sp³-hybridized carbons (Fsp3) is 0.429. The van der Waals surface area contributed by atoms with Crippen LogP contribution in [0.1, 0.15) is 0 Å². The number of hydrogen-bond donors (Lipinski definition) is 1. The zero-order chi connectivity index (χ0) is 28.0. The summed E-state index contributed by atoms with van der Waals surface area (Å²) in [5, 5.41) is 0.440.